The lowest BCUT2D eigenvalue weighted by Gasteiger charge is -2.25. The molecule has 0 amide bonds. The van der Waals surface area contributed by atoms with Gasteiger partial charge < -0.3 is 4.74 Å². The lowest BCUT2D eigenvalue weighted by atomic mass is 10.1. The Labute approximate surface area is 158 Å². The van der Waals surface area contributed by atoms with Crippen LogP contribution in [0.25, 0.3) is 0 Å². The zero-order valence-electron chi connectivity index (χ0n) is 15.2. The molecule has 2 aliphatic rings. The minimum absolute atomic E-state index is 0.0804. The van der Waals surface area contributed by atoms with E-state index in [0.717, 1.165) is 32.0 Å². The molecular weight excluding hydrogens is 358 g/mol. The molecule has 0 atom stereocenters. The van der Waals surface area contributed by atoms with Crippen LogP contribution in [-0.2, 0) is 27.9 Å². The average molecular weight is 385 g/mol. The highest BCUT2D eigenvalue weighted by molar-refractivity contribution is 7.99. The van der Waals surface area contributed by atoms with E-state index in [-0.39, 0.29) is 6.61 Å². The van der Waals surface area contributed by atoms with Gasteiger partial charge >= 0.3 is 0 Å². The summed E-state index contributed by atoms with van der Waals surface area (Å²) >= 11 is 2.05. The number of thioether (sulfide) groups is 1. The fourth-order valence-electron chi connectivity index (χ4n) is 2.71. The molecule has 0 spiro atoms. The van der Waals surface area contributed by atoms with Crippen LogP contribution in [0.15, 0.2) is 6.07 Å². The Bertz CT molecular complexity index is 543. The number of hydrogen-bond donors (Lipinski definition) is 1. The highest BCUT2D eigenvalue weighted by Gasteiger charge is 2.14. The van der Waals surface area contributed by atoms with Gasteiger partial charge in [0.05, 0.1) is 0 Å². The summed E-state index contributed by atoms with van der Waals surface area (Å²) in [6, 6.07) is 2.12. The van der Waals surface area contributed by atoms with Crippen LogP contribution in [0.3, 0.4) is 0 Å². The van der Waals surface area contributed by atoms with Gasteiger partial charge in [0.15, 0.2) is 0 Å². The molecule has 8 nitrogen and oxygen atoms in total. The van der Waals surface area contributed by atoms with Crippen molar-refractivity contribution in [2.45, 2.75) is 32.7 Å². The van der Waals surface area contributed by atoms with Crippen molar-refractivity contribution in [2.75, 3.05) is 44.4 Å². The lowest BCUT2D eigenvalue weighted by molar-refractivity contribution is -0.620. The van der Waals surface area contributed by atoms with E-state index >= 15 is 0 Å². The molecule has 0 bridgehead atoms. The fourth-order valence-corrected chi connectivity index (χ4v) is 3.69. The summed E-state index contributed by atoms with van der Waals surface area (Å²) in [5, 5.41) is 18.7. The second-order valence-electron chi connectivity index (χ2n) is 5.79. The molecule has 3 rings (SSSR count). The Balaban J connectivity index is 0.000000260. The van der Waals surface area contributed by atoms with E-state index in [1.807, 2.05) is 11.8 Å². The van der Waals surface area contributed by atoms with Gasteiger partial charge in [0.25, 0.3) is 0 Å². The Morgan fingerprint density at radius 1 is 1.27 bits per heavy atom. The summed E-state index contributed by atoms with van der Waals surface area (Å²) in [5.41, 5.74) is 1.34. The van der Waals surface area contributed by atoms with Crippen molar-refractivity contribution in [1.29, 1.82) is 0 Å². The van der Waals surface area contributed by atoms with Crippen molar-refractivity contribution < 1.29 is 25.0 Å². The first-order chi connectivity index (χ1) is 12.8. The van der Waals surface area contributed by atoms with E-state index < -0.39 is 0 Å². The molecule has 0 saturated carbocycles. The van der Waals surface area contributed by atoms with Crippen molar-refractivity contribution in [3.63, 3.8) is 0 Å². The molecule has 0 radical (unpaired) electrons. The molecule has 0 aromatic carbocycles. The predicted octanol–water partition coefficient (Wildman–Crippen LogP) is 2.01. The fraction of sp³-hybridized carbons (Fsp3) is 0.706. The van der Waals surface area contributed by atoms with Crippen molar-refractivity contribution in [1.82, 2.24) is 14.7 Å². The Kier molecular flexibility index (Phi) is 10.5. The lowest BCUT2D eigenvalue weighted by Crippen LogP contribution is -2.35. The first-order valence-corrected chi connectivity index (χ1v) is 9.98. The van der Waals surface area contributed by atoms with E-state index in [0.29, 0.717) is 0 Å². The Morgan fingerprint density at radius 2 is 2.12 bits per heavy atom. The maximum atomic E-state index is 7.47. The number of nitrogens with zero attached hydrogens (tertiary/aromatic N) is 3. The van der Waals surface area contributed by atoms with Gasteiger partial charge in [-0.05, 0) is 36.3 Å². The molecule has 26 heavy (non-hydrogen) atoms. The van der Waals surface area contributed by atoms with Crippen molar-refractivity contribution in [3.05, 3.63) is 11.8 Å². The van der Waals surface area contributed by atoms with Gasteiger partial charge in [0.2, 0.25) is 5.88 Å². The summed E-state index contributed by atoms with van der Waals surface area (Å²) < 4.78 is 7.89. The number of rotatable bonds is 7. The molecule has 0 unspecified atom stereocenters. The Hall–Kier alpha value is -1.28. The number of aromatic nitrogens is 2. The van der Waals surface area contributed by atoms with E-state index in [2.05, 4.69) is 47.6 Å². The van der Waals surface area contributed by atoms with Crippen LogP contribution in [0.5, 0.6) is 5.88 Å². The predicted molar refractivity (Wildman–Crippen MR) is 98.6 cm³/mol. The van der Waals surface area contributed by atoms with Gasteiger partial charge in [-0.15, -0.1) is 11.0 Å². The van der Waals surface area contributed by atoms with Crippen LogP contribution in [0, 0.1) is 11.8 Å². The summed E-state index contributed by atoms with van der Waals surface area (Å²) in [6.45, 7) is 6.99. The summed E-state index contributed by atoms with van der Waals surface area (Å²) in [7, 11) is 0. The minimum atomic E-state index is 0.0804. The van der Waals surface area contributed by atoms with Gasteiger partial charge in [0.1, 0.15) is 13.2 Å². The molecule has 0 aliphatic carbocycles. The number of ether oxygens (including phenoxy) is 1. The molecule has 1 saturated heterocycles. The van der Waals surface area contributed by atoms with E-state index in [4.69, 9.17) is 9.99 Å². The van der Waals surface area contributed by atoms with E-state index in [9.17, 15) is 0 Å². The molecule has 146 valence electrons. The monoisotopic (exact) mass is 385 g/mol. The van der Waals surface area contributed by atoms with Gasteiger partial charge in [-0.1, -0.05) is 5.92 Å². The number of hydrogen-bond acceptors (Lipinski definition) is 8. The van der Waals surface area contributed by atoms with Gasteiger partial charge in [-0.25, -0.2) is 5.26 Å². The summed E-state index contributed by atoms with van der Waals surface area (Å²) in [5.74, 6) is 8.37. The SMILES string of the molecule is CC#CCOOOO.c1c(OCCN2CCSCC2)nn2c1CCCC2. The molecule has 9 heteroatoms. The normalized spacial score (nSPS) is 16.7. The van der Waals surface area contributed by atoms with Crippen LogP contribution in [-0.4, -0.2) is 64.3 Å². The average Bonchev–Trinajstić information content (AvgIpc) is 3.09. The molecule has 1 N–H and O–H groups in total. The number of fused-ring (bicyclic) bond motifs is 1. The smallest absolute Gasteiger partial charge is 0.233 e. The van der Waals surface area contributed by atoms with Gasteiger partial charge in [-0.2, -0.15) is 16.6 Å². The largest absolute Gasteiger partial charge is 0.475 e. The molecule has 1 fully saturated rings. The maximum absolute atomic E-state index is 7.47. The second-order valence-corrected chi connectivity index (χ2v) is 7.01. The third-order valence-electron chi connectivity index (χ3n) is 4.04. The van der Waals surface area contributed by atoms with E-state index in [1.165, 1.54) is 43.1 Å². The van der Waals surface area contributed by atoms with Crippen LogP contribution >= 0.6 is 11.8 Å². The highest BCUT2D eigenvalue weighted by atomic mass is 32.2. The zero-order valence-corrected chi connectivity index (χ0v) is 16.0. The van der Waals surface area contributed by atoms with Crippen LogP contribution in [0.1, 0.15) is 25.5 Å². The van der Waals surface area contributed by atoms with Crippen LogP contribution in [0.4, 0.5) is 0 Å². The third kappa shape index (κ3) is 7.95. The quantitative estimate of drug-likeness (QED) is 0.331. The van der Waals surface area contributed by atoms with Crippen molar-refractivity contribution in [2.24, 2.45) is 0 Å². The summed E-state index contributed by atoms with van der Waals surface area (Å²) in [4.78, 5) is 6.56. The highest BCUT2D eigenvalue weighted by Crippen LogP contribution is 2.19. The Morgan fingerprint density at radius 3 is 2.85 bits per heavy atom. The zero-order chi connectivity index (χ0) is 18.5. The second kappa shape index (κ2) is 13.0. The van der Waals surface area contributed by atoms with Crippen molar-refractivity contribution >= 4 is 11.8 Å². The van der Waals surface area contributed by atoms with Gasteiger partial charge in [0, 0.05) is 49.4 Å². The van der Waals surface area contributed by atoms with Crippen molar-refractivity contribution in [3.8, 4) is 17.7 Å². The minimum Gasteiger partial charge on any atom is -0.475 e. The third-order valence-corrected chi connectivity index (χ3v) is 4.98. The molecule has 3 heterocycles. The summed E-state index contributed by atoms with van der Waals surface area (Å²) in [6.07, 6.45) is 3.69. The topological polar surface area (TPSA) is 78.2 Å². The first-order valence-electron chi connectivity index (χ1n) is 8.82. The molecular formula is C17H27N3O5S. The first kappa shape index (κ1) is 21.0. The van der Waals surface area contributed by atoms with Crippen LogP contribution in [0.2, 0.25) is 0 Å². The molecule has 1 aromatic heterocycles. The van der Waals surface area contributed by atoms with Gasteiger partial charge in [-0.3, -0.25) is 9.58 Å². The molecule has 2 aliphatic heterocycles. The number of aryl methyl sites for hydroxylation is 2. The maximum Gasteiger partial charge on any atom is 0.233 e. The van der Waals surface area contributed by atoms with Crippen LogP contribution < -0.4 is 4.74 Å². The standard InChI is InChI=1S/C13H21N3OS.C4H6O4/c1-2-4-16-12(3-1)11-13(14-16)17-8-5-15-6-9-18-10-7-15;1-2-3-4-6-8-7-5/h11H,1-10H2;5H,4H2,1H3. The molecule has 1 aromatic rings. The van der Waals surface area contributed by atoms with E-state index in [1.54, 1.807) is 6.92 Å².